The number of ether oxygens (including phenoxy) is 2. The van der Waals surface area contributed by atoms with Crippen LogP contribution in [0.4, 0.5) is 0 Å². The van der Waals surface area contributed by atoms with Crippen LogP contribution in [-0.2, 0) is 0 Å². The van der Waals surface area contributed by atoms with Gasteiger partial charge in [0.15, 0.2) is 0 Å². The van der Waals surface area contributed by atoms with Crippen LogP contribution in [0.25, 0.3) is 11.1 Å². The third-order valence-corrected chi connectivity index (χ3v) is 3.81. The molecule has 2 aromatic rings. The van der Waals surface area contributed by atoms with E-state index in [4.69, 9.17) is 9.47 Å². The van der Waals surface area contributed by atoms with Crippen LogP contribution in [0.15, 0.2) is 24.3 Å². The maximum atomic E-state index is 5.93. The Kier molecular flexibility index (Phi) is 4.80. The van der Waals surface area contributed by atoms with Gasteiger partial charge in [0, 0.05) is 0 Å². The highest BCUT2D eigenvalue weighted by Gasteiger charge is 2.11. The van der Waals surface area contributed by atoms with Crippen molar-refractivity contribution in [1.82, 2.24) is 0 Å². The van der Waals surface area contributed by atoms with Crippen LogP contribution in [-0.4, -0.2) is 13.2 Å². The molecule has 0 fully saturated rings. The molecule has 0 radical (unpaired) electrons. The highest BCUT2D eigenvalue weighted by atomic mass is 16.5. The highest BCUT2D eigenvalue weighted by molar-refractivity contribution is 5.70. The number of rotatable bonds is 4. The third kappa shape index (κ3) is 3.27. The van der Waals surface area contributed by atoms with Gasteiger partial charge < -0.3 is 9.47 Å². The first-order chi connectivity index (χ1) is 10.3. The number of hydrogen-bond acceptors (Lipinski definition) is 2. The van der Waals surface area contributed by atoms with Gasteiger partial charge in [-0.1, -0.05) is 0 Å². The fourth-order valence-electron chi connectivity index (χ4n) is 2.98. The molecule has 2 rings (SSSR count). The lowest BCUT2D eigenvalue weighted by molar-refractivity contribution is 0.239. The number of methoxy groups -OCH3 is 1. The molecule has 0 bridgehead atoms. The molecular weight excluding hydrogens is 272 g/mol. The fraction of sp³-hybridized carbons (Fsp3) is 0.400. The Hall–Kier alpha value is -1.96. The second-order valence-corrected chi connectivity index (χ2v) is 6.25. The van der Waals surface area contributed by atoms with Crippen molar-refractivity contribution >= 4 is 0 Å². The lowest BCUT2D eigenvalue weighted by Crippen LogP contribution is -2.08. The predicted molar refractivity (Wildman–Crippen MR) is 93.1 cm³/mol. The monoisotopic (exact) mass is 298 g/mol. The summed E-state index contributed by atoms with van der Waals surface area (Å²) in [6.45, 7) is 12.5. The van der Waals surface area contributed by atoms with Crippen LogP contribution in [0.1, 0.15) is 36.1 Å². The van der Waals surface area contributed by atoms with Gasteiger partial charge in [-0.15, -0.1) is 0 Å². The van der Waals surface area contributed by atoms with E-state index in [0.717, 1.165) is 22.6 Å². The average molecular weight is 298 g/mol. The van der Waals surface area contributed by atoms with E-state index in [1.807, 2.05) is 0 Å². The lowest BCUT2D eigenvalue weighted by atomic mass is 9.96. The van der Waals surface area contributed by atoms with E-state index in [9.17, 15) is 0 Å². The van der Waals surface area contributed by atoms with Gasteiger partial charge in [0.2, 0.25) is 0 Å². The second-order valence-electron chi connectivity index (χ2n) is 6.25. The topological polar surface area (TPSA) is 18.5 Å². The van der Waals surface area contributed by atoms with E-state index in [1.54, 1.807) is 7.11 Å². The van der Waals surface area contributed by atoms with Gasteiger partial charge >= 0.3 is 0 Å². The van der Waals surface area contributed by atoms with Gasteiger partial charge in [-0.2, -0.15) is 0 Å². The minimum atomic E-state index is 0.189. The molecule has 2 aromatic carbocycles. The summed E-state index contributed by atoms with van der Waals surface area (Å²) in [5, 5.41) is 0. The van der Waals surface area contributed by atoms with Crippen molar-refractivity contribution in [2.75, 3.05) is 7.11 Å². The molecule has 0 saturated heterocycles. The lowest BCUT2D eigenvalue weighted by Gasteiger charge is -2.17. The predicted octanol–water partition coefficient (Wildman–Crippen LogP) is 5.38. The van der Waals surface area contributed by atoms with Gasteiger partial charge in [0.25, 0.3) is 0 Å². The van der Waals surface area contributed by atoms with Crippen molar-refractivity contribution in [3.8, 4) is 22.6 Å². The van der Waals surface area contributed by atoms with E-state index in [2.05, 4.69) is 65.8 Å². The van der Waals surface area contributed by atoms with E-state index in [-0.39, 0.29) is 6.10 Å². The SMILES string of the molecule is COc1c(C)cc(-c2cc(C)c(OC(C)C)c(C)c2)cc1C. The number of hydrogen-bond donors (Lipinski definition) is 0. The van der Waals surface area contributed by atoms with Crippen molar-refractivity contribution in [2.45, 2.75) is 47.6 Å². The summed E-state index contributed by atoms with van der Waals surface area (Å²) in [7, 11) is 1.72. The average Bonchev–Trinajstić information content (AvgIpc) is 2.42. The quantitative estimate of drug-likeness (QED) is 0.754. The molecule has 0 saturated carbocycles. The molecule has 0 aliphatic carbocycles. The molecule has 0 N–H and O–H groups in total. The van der Waals surface area contributed by atoms with Gasteiger partial charge in [-0.3, -0.25) is 0 Å². The molecule has 22 heavy (non-hydrogen) atoms. The third-order valence-electron chi connectivity index (χ3n) is 3.81. The summed E-state index contributed by atoms with van der Waals surface area (Å²) < 4.78 is 11.4. The minimum absolute atomic E-state index is 0.189. The number of aryl methyl sites for hydroxylation is 4. The molecule has 0 aromatic heterocycles. The van der Waals surface area contributed by atoms with E-state index in [1.165, 1.54) is 22.3 Å². The smallest absolute Gasteiger partial charge is 0.125 e. The summed E-state index contributed by atoms with van der Waals surface area (Å²) in [6.07, 6.45) is 0.189. The summed E-state index contributed by atoms with van der Waals surface area (Å²) in [4.78, 5) is 0. The molecule has 0 atom stereocenters. The van der Waals surface area contributed by atoms with E-state index in [0.29, 0.717) is 0 Å². The molecule has 0 amide bonds. The standard InChI is InChI=1S/C20H26O2/c1-12(2)22-20-15(5)10-18(11-16(20)6)17-8-13(3)19(21-7)14(4)9-17/h8-12H,1-7H3. The fourth-order valence-corrected chi connectivity index (χ4v) is 2.98. The first kappa shape index (κ1) is 16.4. The molecular formula is C20H26O2. The maximum Gasteiger partial charge on any atom is 0.125 e. The molecule has 0 aliphatic rings. The Bertz CT molecular complexity index is 638. The zero-order valence-electron chi connectivity index (χ0n) is 14.7. The summed E-state index contributed by atoms with van der Waals surface area (Å²) in [5.74, 6) is 1.97. The van der Waals surface area contributed by atoms with Gasteiger partial charge in [-0.25, -0.2) is 0 Å². The Morgan fingerprint density at radius 3 is 1.36 bits per heavy atom. The van der Waals surface area contributed by atoms with Gasteiger partial charge in [-0.05, 0) is 99.2 Å². The Labute approximate surface area is 134 Å². The summed E-state index contributed by atoms with van der Waals surface area (Å²) in [6, 6.07) is 8.77. The van der Waals surface area contributed by atoms with E-state index < -0.39 is 0 Å². The highest BCUT2D eigenvalue weighted by Crippen LogP contribution is 2.34. The van der Waals surface area contributed by atoms with Crippen LogP contribution >= 0.6 is 0 Å². The van der Waals surface area contributed by atoms with Gasteiger partial charge in [0.1, 0.15) is 11.5 Å². The summed E-state index contributed by atoms with van der Waals surface area (Å²) >= 11 is 0. The van der Waals surface area contributed by atoms with Crippen LogP contribution < -0.4 is 9.47 Å². The Balaban J connectivity index is 2.50. The van der Waals surface area contributed by atoms with Crippen molar-refractivity contribution in [1.29, 1.82) is 0 Å². The van der Waals surface area contributed by atoms with Crippen molar-refractivity contribution < 1.29 is 9.47 Å². The van der Waals surface area contributed by atoms with Crippen LogP contribution in [0, 0.1) is 27.7 Å². The normalized spacial score (nSPS) is 10.9. The van der Waals surface area contributed by atoms with Crippen LogP contribution in [0.5, 0.6) is 11.5 Å². The summed E-state index contributed by atoms with van der Waals surface area (Å²) in [5.41, 5.74) is 7.12. The molecule has 0 unspecified atom stereocenters. The second kappa shape index (κ2) is 6.43. The first-order valence-electron chi connectivity index (χ1n) is 7.77. The Morgan fingerprint density at radius 1 is 0.682 bits per heavy atom. The zero-order chi connectivity index (χ0) is 16.4. The maximum absolute atomic E-state index is 5.93. The van der Waals surface area contributed by atoms with Crippen LogP contribution in [0.2, 0.25) is 0 Å². The largest absolute Gasteiger partial charge is 0.496 e. The molecule has 2 heteroatoms. The molecule has 0 spiro atoms. The molecule has 0 aliphatic heterocycles. The van der Waals surface area contributed by atoms with Crippen LogP contribution in [0.3, 0.4) is 0 Å². The van der Waals surface area contributed by atoms with E-state index >= 15 is 0 Å². The Morgan fingerprint density at radius 2 is 1.05 bits per heavy atom. The number of benzene rings is 2. The van der Waals surface area contributed by atoms with Crippen molar-refractivity contribution in [3.63, 3.8) is 0 Å². The van der Waals surface area contributed by atoms with Crippen molar-refractivity contribution in [3.05, 3.63) is 46.5 Å². The minimum Gasteiger partial charge on any atom is -0.496 e. The van der Waals surface area contributed by atoms with Gasteiger partial charge in [0.05, 0.1) is 13.2 Å². The first-order valence-corrected chi connectivity index (χ1v) is 7.77. The molecule has 2 nitrogen and oxygen atoms in total. The van der Waals surface area contributed by atoms with Crippen molar-refractivity contribution in [2.24, 2.45) is 0 Å². The molecule has 118 valence electrons. The zero-order valence-corrected chi connectivity index (χ0v) is 14.7. The molecule has 0 heterocycles.